The second-order valence-electron chi connectivity index (χ2n) is 4.92. The van der Waals surface area contributed by atoms with Crippen LogP contribution in [0.4, 0.5) is 0 Å². The minimum absolute atomic E-state index is 0.221. The van der Waals surface area contributed by atoms with E-state index in [0.29, 0.717) is 11.1 Å². The van der Waals surface area contributed by atoms with Crippen molar-refractivity contribution in [3.05, 3.63) is 35.9 Å². The number of carbonyl (C=O) groups excluding carboxylic acids is 1. The van der Waals surface area contributed by atoms with Gasteiger partial charge in [0.15, 0.2) is 5.78 Å². The Labute approximate surface area is 112 Å². The van der Waals surface area contributed by atoms with Gasteiger partial charge in [0.05, 0.1) is 10.7 Å². The summed E-state index contributed by atoms with van der Waals surface area (Å²) < 4.78 is 0. The molecule has 0 N–H and O–H groups in total. The molecule has 1 aliphatic rings. The molecule has 0 amide bonds. The van der Waals surface area contributed by atoms with Gasteiger partial charge in [-0.25, -0.2) is 0 Å². The molecule has 92 valence electrons. The Bertz CT molecular complexity index is 364. The second kappa shape index (κ2) is 5.81. The average Bonchev–Trinajstić information content (AvgIpc) is 2.65. The van der Waals surface area contributed by atoms with Crippen LogP contribution in [-0.4, -0.2) is 11.1 Å². The molecule has 1 nitrogen and oxygen atoms in total. The van der Waals surface area contributed by atoms with Gasteiger partial charge < -0.3 is 0 Å². The van der Waals surface area contributed by atoms with Crippen LogP contribution in [0, 0.1) is 0 Å². The van der Waals surface area contributed by atoms with Crippen LogP contribution < -0.4 is 0 Å². The van der Waals surface area contributed by atoms with Crippen LogP contribution in [0.1, 0.15) is 44.1 Å². The normalized spacial score (nSPS) is 19.6. The Morgan fingerprint density at radius 1 is 1.06 bits per heavy atom. The molecule has 1 aromatic rings. The molecule has 17 heavy (non-hydrogen) atoms. The van der Waals surface area contributed by atoms with Crippen molar-refractivity contribution in [2.45, 2.75) is 43.9 Å². The van der Waals surface area contributed by atoms with Crippen molar-refractivity contribution < 1.29 is 4.79 Å². The largest absolute Gasteiger partial charge is 0.298 e. The van der Waals surface area contributed by atoms with E-state index in [9.17, 15) is 4.79 Å². The first-order valence-electron chi connectivity index (χ1n) is 6.44. The Hall–Kier alpha value is -0.630. The Kier molecular flexibility index (Phi) is 4.38. The summed E-state index contributed by atoms with van der Waals surface area (Å²) in [6.07, 6.45) is 6.92. The first-order chi connectivity index (χ1) is 8.29. The summed E-state index contributed by atoms with van der Waals surface area (Å²) in [7, 11) is 0. The fourth-order valence-electron chi connectivity index (χ4n) is 2.95. The number of carbonyl (C=O) groups is 1. The molecule has 0 atom stereocenters. The summed E-state index contributed by atoms with van der Waals surface area (Å²) in [5.74, 6) is 0.352. The lowest BCUT2D eigenvalue weighted by Crippen LogP contribution is -2.36. The van der Waals surface area contributed by atoms with Crippen molar-refractivity contribution in [3.8, 4) is 0 Å². The first kappa shape index (κ1) is 12.8. The van der Waals surface area contributed by atoms with E-state index in [2.05, 4.69) is 28.1 Å². The highest BCUT2D eigenvalue weighted by molar-refractivity contribution is 9.09. The third-order valence-electron chi connectivity index (χ3n) is 3.94. The standard InChI is InChI=1S/C15H19BrO/c16-12-14(17)15(10-6-1-2-7-11-15)13-8-4-3-5-9-13/h3-5,8-9H,1-2,6-7,10-12H2. The number of ketones is 1. The average molecular weight is 295 g/mol. The molecule has 0 heterocycles. The third kappa shape index (κ3) is 2.62. The molecule has 1 aliphatic carbocycles. The van der Waals surface area contributed by atoms with Gasteiger partial charge in [-0.05, 0) is 18.4 Å². The minimum Gasteiger partial charge on any atom is -0.298 e. The first-order valence-corrected chi connectivity index (χ1v) is 7.56. The minimum atomic E-state index is -0.221. The summed E-state index contributed by atoms with van der Waals surface area (Å²) in [6.45, 7) is 0. The Balaban J connectivity index is 2.38. The quantitative estimate of drug-likeness (QED) is 0.602. The maximum absolute atomic E-state index is 12.4. The number of benzene rings is 1. The van der Waals surface area contributed by atoms with Crippen LogP contribution in [0.2, 0.25) is 0 Å². The van der Waals surface area contributed by atoms with Gasteiger partial charge in [-0.3, -0.25) is 4.79 Å². The van der Waals surface area contributed by atoms with Crippen molar-refractivity contribution in [3.63, 3.8) is 0 Å². The van der Waals surface area contributed by atoms with Gasteiger partial charge in [-0.1, -0.05) is 71.9 Å². The zero-order valence-electron chi connectivity index (χ0n) is 10.1. The second-order valence-corrected chi connectivity index (χ2v) is 5.48. The summed E-state index contributed by atoms with van der Waals surface area (Å²) in [6, 6.07) is 10.3. The van der Waals surface area contributed by atoms with Gasteiger partial charge in [0.25, 0.3) is 0 Å². The lowest BCUT2D eigenvalue weighted by Gasteiger charge is -2.31. The molecule has 0 spiro atoms. The Morgan fingerprint density at radius 2 is 1.65 bits per heavy atom. The van der Waals surface area contributed by atoms with E-state index >= 15 is 0 Å². The van der Waals surface area contributed by atoms with Crippen LogP contribution in [0.15, 0.2) is 30.3 Å². The molecule has 1 saturated carbocycles. The van der Waals surface area contributed by atoms with E-state index < -0.39 is 0 Å². The smallest absolute Gasteiger partial charge is 0.153 e. The molecule has 2 heteroatoms. The van der Waals surface area contributed by atoms with Gasteiger partial charge in [0, 0.05) is 0 Å². The molecule has 0 unspecified atom stereocenters. The summed E-state index contributed by atoms with van der Waals surface area (Å²) in [5.41, 5.74) is 0.993. The maximum atomic E-state index is 12.4. The molecule has 0 radical (unpaired) electrons. The predicted molar refractivity (Wildman–Crippen MR) is 74.6 cm³/mol. The molecule has 1 fully saturated rings. The van der Waals surface area contributed by atoms with Gasteiger partial charge in [0.1, 0.15) is 0 Å². The van der Waals surface area contributed by atoms with Crippen molar-refractivity contribution in [1.82, 2.24) is 0 Å². The zero-order chi connectivity index (χ0) is 12.1. The van der Waals surface area contributed by atoms with Crippen LogP contribution in [0.25, 0.3) is 0 Å². The van der Waals surface area contributed by atoms with E-state index in [1.165, 1.54) is 31.2 Å². The molecule has 0 saturated heterocycles. The maximum Gasteiger partial charge on any atom is 0.153 e. The van der Waals surface area contributed by atoms with E-state index in [1.54, 1.807) is 0 Å². The summed E-state index contributed by atoms with van der Waals surface area (Å²) in [5, 5.41) is 0.474. The number of Topliss-reactive ketones (excluding diaryl/α,β-unsaturated/α-hetero) is 1. The Morgan fingerprint density at radius 3 is 2.18 bits per heavy atom. The third-order valence-corrected chi connectivity index (χ3v) is 4.45. The highest BCUT2D eigenvalue weighted by Gasteiger charge is 2.38. The van der Waals surface area contributed by atoms with Crippen molar-refractivity contribution in [2.75, 3.05) is 5.33 Å². The topological polar surface area (TPSA) is 17.1 Å². The van der Waals surface area contributed by atoms with E-state index in [-0.39, 0.29) is 5.41 Å². The lowest BCUT2D eigenvalue weighted by atomic mass is 9.71. The lowest BCUT2D eigenvalue weighted by molar-refractivity contribution is -0.122. The summed E-state index contributed by atoms with van der Waals surface area (Å²) >= 11 is 3.36. The number of hydrogen-bond donors (Lipinski definition) is 0. The highest BCUT2D eigenvalue weighted by Crippen LogP contribution is 2.39. The number of hydrogen-bond acceptors (Lipinski definition) is 1. The number of alkyl halides is 1. The van der Waals surface area contributed by atoms with Crippen LogP contribution >= 0.6 is 15.9 Å². The highest BCUT2D eigenvalue weighted by atomic mass is 79.9. The predicted octanol–water partition coefficient (Wildman–Crippen LogP) is 4.24. The molecule has 2 rings (SSSR count). The fourth-order valence-corrected chi connectivity index (χ4v) is 3.48. The van der Waals surface area contributed by atoms with Crippen molar-refractivity contribution in [1.29, 1.82) is 0 Å². The summed E-state index contributed by atoms with van der Waals surface area (Å²) in [4.78, 5) is 12.4. The van der Waals surface area contributed by atoms with Crippen molar-refractivity contribution >= 4 is 21.7 Å². The van der Waals surface area contributed by atoms with Gasteiger partial charge in [-0.2, -0.15) is 0 Å². The molecular weight excluding hydrogens is 276 g/mol. The monoisotopic (exact) mass is 294 g/mol. The van der Waals surface area contributed by atoms with Crippen LogP contribution in [0.5, 0.6) is 0 Å². The molecule has 0 aromatic heterocycles. The SMILES string of the molecule is O=C(CBr)C1(c2ccccc2)CCCCCC1. The van der Waals surface area contributed by atoms with Crippen molar-refractivity contribution in [2.24, 2.45) is 0 Å². The van der Waals surface area contributed by atoms with Crippen LogP contribution in [0.3, 0.4) is 0 Å². The van der Waals surface area contributed by atoms with Gasteiger partial charge >= 0.3 is 0 Å². The molecule has 1 aromatic carbocycles. The fraction of sp³-hybridized carbons (Fsp3) is 0.533. The van der Waals surface area contributed by atoms with E-state index in [4.69, 9.17) is 0 Å². The molecule has 0 bridgehead atoms. The zero-order valence-corrected chi connectivity index (χ0v) is 11.7. The van der Waals surface area contributed by atoms with E-state index in [0.717, 1.165) is 12.8 Å². The van der Waals surface area contributed by atoms with E-state index in [1.807, 2.05) is 18.2 Å². The van der Waals surface area contributed by atoms with Gasteiger partial charge in [0.2, 0.25) is 0 Å². The number of rotatable bonds is 3. The van der Waals surface area contributed by atoms with Crippen LogP contribution in [-0.2, 0) is 10.2 Å². The molecule has 0 aliphatic heterocycles. The molecular formula is C15H19BrO. The van der Waals surface area contributed by atoms with Gasteiger partial charge in [-0.15, -0.1) is 0 Å². The number of halogens is 1.